The molecule has 0 aliphatic rings. The Morgan fingerprint density at radius 3 is 0.673 bits per heavy atom. The van der Waals surface area contributed by atoms with E-state index in [4.69, 9.17) is 0 Å². The third kappa shape index (κ3) is 21.0. The van der Waals surface area contributed by atoms with E-state index >= 15 is 0 Å². The molecule has 0 aliphatic heterocycles. The van der Waals surface area contributed by atoms with Gasteiger partial charge in [0.15, 0.2) is 0 Å². The second kappa shape index (κ2) is 31.2. The molecule has 55 heavy (non-hydrogen) atoms. The molecule has 0 radical (unpaired) electrons. The summed E-state index contributed by atoms with van der Waals surface area (Å²) in [4.78, 5) is 0. The van der Waals surface area contributed by atoms with Crippen LogP contribution in [0, 0.1) is 39.8 Å². The molecule has 0 bridgehead atoms. The molecule has 0 spiro atoms. The van der Waals surface area contributed by atoms with Crippen molar-refractivity contribution in [1.29, 1.82) is 0 Å². The first-order chi connectivity index (χ1) is 26.1. The summed E-state index contributed by atoms with van der Waals surface area (Å²) >= 11 is 0. The van der Waals surface area contributed by atoms with Gasteiger partial charge in [0.25, 0.3) is 0 Å². The summed E-state index contributed by atoms with van der Waals surface area (Å²) in [5.74, 6) is 0. The molecule has 0 unspecified atom stereocenters. The van der Waals surface area contributed by atoms with E-state index in [1.807, 2.05) is 0 Å². The van der Waals surface area contributed by atoms with Crippen LogP contribution in [0.2, 0.25) is 0 Å². The minimum atomic E-state index is 0. The fourth-order valence-corrected chi connectivity index (χ4v) is 4.90. The molecule has 6 aromatic rings. The molecule has 6 rings (SSSR count). The maximum atomic E-state index is 3.52. The van der Waals surface area contributed by atoms with E-state index in [0.717, 1.165) is 22.3 Å². The first-order valence-electron chi connectivity index (χ1n) is 18.9. The van der Waals surface area contributed by atoms with Crippen LogP contribution >= 0.6 is 0 Å². The molecular weight excluding hydrogens is 836 g/mol. The van der Waals surface area contributed by atoms with Crippen molar-refractivity contribution >= 4 is 0 Å². The molecule has 4 heteroatoms. The molecular formula is C51H64N3Ta. The summed E-state index contributed by atoms with van der Waals surface area (Å²) < 4.78 is 0. The van der Waals surface area contributed by atoms with Gasteiger partial charge in [-0.05, 0) is 27.7 Å². The third-order valence-corrected chi connectivity index (χ3v) is 7.75. The normalized spacial score (nSPS) is 9.38. The van der Waals surface area contributed by atoms with Crippen LogP contribution in [0.4, 0.5) is 0 Å². The number of nitrogens with zero attached hydrogens (tertiary/aromatic N) is 3. The first-order valence-corrected chi connectivity index (χ1v) is 18.9. The fraction of sp³-hybridized carbons (Fsp3) is 0.294. The maximum Gasteiger partial charge on any atom is 5.00 e. The second-order valence-corrected chi connectivity index (χ2v) is 13.1. The predicted octanol–water partition coefficient (Wildman–Crippen LogP) is 14.9. The van der Waals surface area contributed by atoms with Gasteiger partial charge in [0, 0.05) is 0 Å². The average Bonchev–Trinajstić information content (AvgIpc) is 3.18. The zero-order valence-corrected chi connectivity index (χ0v) is 38.8. The zero-order chi connectivity index (χ0) is 40.1. The quantitative estimate of drug-likeness (QED) is 0.150. The molecule has 0 fully saturated rings. The van der Waals surface area contributed by atoms with Crippen molar-refractivity contribution in [3.63, 3.8) is 0 Å². The van der Waals surface area contributed by atoms with Crippen LogP contribution in [0.1, 0.15) is 55.4 Å². The van der Waals surface area contributed by atoms with Crippen LogP contribution in [0.15, 0.2) is 133 Å². The SMILES string of the molecule is CCCCC.C[N-]C.C[N-]C.C[N-]C.Cc1ccc(-c2[c-]c(-c3ccc(C)cc3)ccc2)cc1.Cc1ccc(-c2[c-]c(-c3ccc(C)cc3)ccc2)cc1.[Ta+5]. The Labute approximate surface area is 352 Å². The van der Waals surface area contributed by atoms with Gasteiger partial charge in [0.1, 0.15) is 0 Å². The van der Waals surface area contributed by atoms with Gasteiger partial charge >= 0.3 is 22.4 Å². The van der Waals surface area contributed by atoms with Gasteiger partial charge in [-0.15, -0.1) is 70.8 Å². The van der Waals surface area contributed by atoms with Gasteiger partial charge in [-0.1, -0.05) is 175 Å². The Balaban J connectivity index is 0.000000784. The Kier molecular flexibility index (Phi) is 28.9. The van der Waals surface area contributed by atoms with Crippen LogP contribution in [-0.4, -0.2) is 42.3 Å². The molecule has 3 nitrogen and oxygen atoms in total. The summed E-state index contributed by atoms with van der Waals surface area (Å²) in [5, 5.41) is 10.5. The van der Waals surface area contributed by atoms with Crippen molar-refractivity contribution in [1.82, 2.24) is 0 Å². The molecule has 0 saturated heterocycles. The van der Waals surface area contributed by atoms with Crippen molar-refractivity contribution in [2.75, 3.05) is 42.3 Å². The minimum Gasteiger partial charge on any atom is -0.668 e. The van der Waals surface area contributed by atoms with Gasteiger partial charge in [0.05, 0.1) is 0 Å². The molecule has 0 N–H and O–H groups in total. The van der Waals surface area contributed by atoms with E-state index in [1.54, 1.807) is 42.3 Å². The molecule has 288 valence electrons. The molecule has 6 aromatic carbocycles. The summed E-state index contributed by atoms with van der Waals surface area (Å²) in [6.07, 6.45) is 4.08. The van der Waals surface area contributed by atoms with E-state index in [0.29, 0.717) is 0 Å². The Bertz CT molecular complexity index is 1540. The molecule has 0 atom stereocenters. The number of aryl methyl sites for hydroxylation is 4. The molecule has 0 aliphatic carbocycles. The van der Waals surface area contributed by atoms with Gasteiger partial charge in [-0.25, -0.2) is 0 Å². The number of unbranched alkanes of at least 4 members (excludes halogenated alkanes) is 2. The van der Waals surface area contributed by atoms with E-state index in [-0.39, 0.29) is 22.4 Å². The van der Waals surface area contributed by atoms with Gasteiger partial charge in [0.2, 0.25) is 0 Å². The first kappa shape index (κ1) is 50.9. The predicted molar refractivity (Wildman–Crippen MR) is 242 cm³/mol. The van der Waals surface area contributed by atoms with Crippen LogP contribution in [0.25, 0.3) is 60.5 Å². The molecule has 0 saturated carbocycles. The van der Waals surface area contributed by atoms with Crippen molar-refractivity contribution in [3.05, 3.63) is 184 Å². The maximum absolute atomic E-state index is 3.52. The minimum absolute atomic E-state index is 0. The molecule has 0 aromatic heterocycles. The Hall–Kier alpha value is -4.06. The summed E-state index contributed by atoms with van der Waals surface area (Å²) in [6.45, 7) is 12.9. The second-order valence-electron chi connectivity index (χ2n) is 13.1. The van der Waals surface area contributed by atoms with Crippen molar-refractivity contribution in [2.24, 2.45) is 0 Å². The van der Waals surface area contributed by atoms with E-state index in [9.17, 15) is 0 Å². The van der Waals surface area contributed by atoms with E-state index in [1.165, 1.54) is 63.8 Å². The van der Waals surface area contributed by atoms with Crippen LogP contribution in [-0.2, 0) is 22.4 Å². The standard InChI is InChI=1S/2C20H17.C5H12.3C2H6N.Ta/c2*1-15-6-10-17(11-7-15)19-4-3-5-20(14-19)18-12-8-16(2)9-13-18;1-3-5-4-2;3*1-3-2;/h2*3-13H,1-2H3;3-5H2,1-2H3;3*1-2H3;/q2*-1;;3*-1;+5. The van der Waals surface area contributed by atoms with Crippen molar-refractivity contribution < 1.29 is 22.4 Å². The summed E-state index contributed by atoms with van der Waals surface area (Å²) in [6, 6.07) is 54.0. The number of rotatable bonds is 6. The van der Waals surface area contributed by atoms with E-state index < -0.39 is 0 Å². The number of benzene rings is 6. The van der Waals surface area contributed by atoms with Crippen molar-refractivity contribution in [3.8, 4) is 44.5 Å². The fourth-order valence-electron chi connectivity index (χ4n) is 4.90. The van der Waals surface area contributed by atoms with Crippen LogP contribution in [0.3, 0.4) is 0 Å². The average molecular weight is 900 g/mol. The Morgan fingerprint density at radius 2 is 0.527 bits per heavy atom. The van der Waals surface area contributed by atoms with Crippen LogP contribution in [0.5, 0.6) is 0 Å². The molecule has 0 amide bonds. The van der Waals surface area contributed by atoms with Gasteiger partial charge in [-0.3, -0.25) is 0 Å². The van der Waals surface area contributed by atoms with Crippen molar-refractivity contribution in [2.45, 2.75) is 60.8 Å². The van der Waals surface area contributed by atoms with E-state index in [2.05, 4.69) is 203 Å². The zero-order valence-electron chi connectivity index (χ0n) is 35.6. The summed E-state index contributed by atoms with van der Waals surface area (Å²) in [7, 11) is 10.5. The topological polar surface area (TPSA) is 42.3 Å². The Morgan fingerprint density at radius 1 is 0.345 bits per heavy atom. The number of hydrogen-bond acceptors (Lipinski definition) is 0. The van der Waals surface area contributed by atoms with Crippen LogP contribution < -0.4 is 0 Å². The summed E-state index contributed by atoms with van der Waals surface area (Å²) in [5.41, 5.74) is 14.5. The number of hydrogen-bond donors (Lipinski definition) is 0. The van der Waals surface area contributed by atoms with Gasteiger partial charge < -0.3 is 16.0 Å². The molecule has 0 heterocycles. The van der Waals surface area contributed by atoms with Gasteiger partial charge in [-0.2, -0.15) is 42.3 Å². The third-order valence-electron chi connectivity index (χ3n) is 7.75. The smallest absolute Gasteiger partial charge is 0.668 e. The monoisotopic (exact) mass is 899 g/mol. The largest absolute Gasteiger partial charge is 5.00 e.